The topological polar surface area (TPSA) is 23.6 Å². The zero-order valence-corrected chi connectivity index (χ0v) is 17.5. The summed E-state index contributed by atoms with van der Waals surface area (Å²) in [5, 5.41) is 0. The van der Waals surface area contributed by atoms with Crippen LogP contribution in [0.5, 0.6) is 0 Å². The number of benzene rings is 2. The first kappa shape index (κ1) is 21.4. The Morgan fingerprint density at radius 3 is 2.34 bits per heavy atom. The van der Waals surface area contributed by atoms with Gasteiger partial charge in [-0.05, 0) is 55.8 Å². The molecule has 3 rings (SSSR count). The molecule has 0 N–H and O–H groups in total. The van der Waals surface area contributed by atoms with Gasteiger partial charge in [0.1, 0.15) is 0 Å². The Bertz CT molecular complexity index is 951. The Hall–Kier alpha value is -2.32. The van der Waals surface area contributed by atoms with Crippen LogP contribution in [0.1, 0.15) is 25.0 Å². The SMILES string of the molecule is CCN(CC)c1ccc(/C=C2/SC(=S)N(c3cccc(C(F)(F)F)c3)C2=O)cc1. The van der Waals surface area contributed by atoms with Crippen molar-refractivity contribution in [3.8, 4) is 0 Å². The molecule has 0 atom stereocenters. The van der Waals surface area contributed by atoms with Gasteiger partial charge in [0.25, 0.3) is 5.91 Å². The number of thiocarbonyl (C=S) groups is 1. The average molecular weight is 437 g/mol. The van der Waals surface area contributed by atoms with Crippen LogP contribution in [0.2, 0.25) is 0 Å². The van der Waals surface area contributed by atoms with E-state index in [9.17, 15) is 18.0 Å². The second kappa shape index (κ2) is 8.59. The Labute approximate surface area is 177 Å². The number of hydrogen-bond donors (Lipinski definition) is 0. The third kappa shape index (κ3) is 4.64. The van der Waals surface area contributed by atoms with Crippen molar-refractivity contribution in [1.82, 2.24) is 0 Å². The molecule has 3 nitrogen and oxygen atoms in total. The fourth-order valence-corrected chi connectivity index (χ4v) is 4.33. The van der Waals surface area contributed by atoms with Gasteiger partial charge in [-0.1, -0.05) is 42.2 Å². The third-order valence-electron chi connectivity index (χ3n) is 4.54. The molecule has 0 radical (unpaired) electrons. The number of alkyl halides is 3. The smallest absolute Gasteiger partial charge is 0.372 e. The first-order chi connectivity index (χ1) is 13.7. The van der Waals surface area contributed by atoms with Crippen LogP contribution in [0.15, 0.2) is 53.4 Å². The predicted molar refractivity (Wildman–Crippen MR) is 117 cm³/mol. The summed E-state index contributed by atoms with van der Waals surface area (Å²) in [5.74, 6) is -0.424. The van der Waals surface area contributed by atoms with Crippen molar-refractivity contribution in [1.29, 1.82) is 0 Å². The van der Waals surface area contributed by atoms with Crippen LogP contribution in [0, 0.1) is 0 Å². The largest absolute Gasteiger partial charge is 0.416 e. The normalized spacial score (nSPS) is 16.0. The van der Waals surface area contributed by atoms with Gasteiger partial charge in [0.15, 0.2) is 4.32 Å². The van der Waals surface area contributed by atoms with E-state index in [0.29, 0.717) is 4.91 Å². The molecule has 8 heteroatoms. The summed E-state index contributed by atoms with van der Waals surface area (Å²) in [6.45, 7) is 5.95. The van der Waals surface area contributed by atoms with E-state index in [-0.39, 0.29) is 10.0 Å². The van der Waals surface area contributed by atoms with E-state index in [0.717, 1.165) is 53.1 Å². The van der Waals surface area contributed by atoms with Crippen LogP contribution in [-0.4, -0.2) is 23.3 Å². The maximum absolute atomic E-state index is 13.0. The van der Waals surface area contributed by atoms with E-state index in [4.69, 9.17) is 12.2 Å². The number of hydrogen-bond acceptors (Lipinski definition) is 4. The summed E-state index contributed by atoms with van der Waals surface area (Å²) in [7, 11) is 0. The number of amides is 1. The summed E-state index contributed by atoms with van der Waals surface area (Å²) in [6, 6.07) is 12.4. The monoisotopic (exact) mass is 436 g/mol. The van der Waals surface area contributed by atoms with E-state index in [1.54, 1.807) is 6.08 Å². The minimum Gasteiger partial charge on any atom is -0.372 e. The van der Waals surface area contributed by atoms with E-state index < -0.39 is 17.6 Å². The maximum atomic E-state index is 13.0. The van der Waals surface area contributed by atoms with Crippen LogP contribution in [-0.2, 0) is 11.0 Å². The van der Waals surface area contributed by atoms with Gasteiger partial charge in [-0.2, -0.15) is 13.2 Å². The Balaban J connectivity index is 1.85. The number of rotatable bonds is 5. The van der Waals surface area contributed by atoms with E-state index in [1.165, 1.54) is 12.1 Å². The molecule has 2 aromatic rings. The average Bonchev–Trinajstić information content (AvgIpc) is 2.96. The lowest BCUT2D eigenvalue weighted by molar-refractivity contribution is -0.137. The van der Waals surface area contributed by atoms with Crippen molar-refractivity contribution in [3.05, 3.63) is 64.6 Å². The van der Waals surface area contributed by atoms with Crippen molar-refractivity contribution in [2.75, 3.05) is 22.9 Å². The molecule has 1 fully saturated rings. The second-order valence-corrected chi connectivity index (χ2v) is 8.00. The Morgan fingerprint density at radius 1 is 1.10 bits per heavy atom. The fraction of sp³-hybridized carbons (Fsp3) is 0.238. The van der Waals surface area contributed by atoms with Gasteiger partial charge in [0, 0.05) is 18.8 Å². The molecular weight excluding hydrogens is 417 g/mol. The van der Waals surface area contributed by atoms with Crippen molar-refractivity contribution in [2.45, 2.75) is 20.0 Å². The molecule has 29 heavy (non-hydrogen) atoms. The first-order valence-electron chi connectivity index (χ1n) is 9.04. The minimum atomic E-state index is -4.49. The lowest BCUT2D eigenvalue weighted by Crippen LogP contribution is -2.27. The van der Waals surface area contributed by atoms with Crippen molar-refractivity contribution >= 4 is 51.7 Å². The summed E-state index contributed by atoms with van der Waals surface area (Å²) in [4.78, 5) is 16.5. The van der Waals surface area contributed by atoms with Gasteiger partial charge < -0.3 is 4.90 Å². The molecule has 0 saturated carbocycles. The standard InChI is InChI=1S/C21H19F3N2OS2/c1-3-25(4-2)16-10-8-14(9-11-16)12-18-19(27)26(20(28)29-18)17-7-5-6-15(13-17)21(22,23)24/h5-13H,3-4H2,1-2H3/b18-12+. The number of nitrogens with zero attached hydrogens (tertiary/aromatic N) is 2. The molecule has 1 aliphatic rings. The van der Waals surface area contributed by atoms with Gasteiger partial charge in [0.05, 0.1) is 16.2 Å². The Kier molecular flexibility index (Phi) is 6.33. The summed E-state index contributed by atoms with van der Waals surface area (Å²) < 4.78 is 39.2. The summed E-state index contributed by atoms with van der Waals surface area (Å²) in [6.07, 6.45) is -2.78. The first-order valence-corrected chi connectivity index (χ1v) is 10.3. The van der Waals surface area contributed by atoms with Crippen LogP contribution < -0.4 is 9.80 Å². The Morgan fingerprint density at radius 2 is 1.76 bits per heavy atom. The number of anilines is 2. The van der Waals surface area contributed by atoms with Gasteiger partial charge in [-0.25, -0.2) is 0 Å². The fourth-order valence-electron chi connectivity index (χ4n) is 3.03. The van der Waals surface area contributed by atoms with Gasteiger partial charge in [0.2, 0.25) is 0 Å². The molecule has 0 spiro atoms. The van der Waals surface area contributed by atoms with Crippen LogP contribution in [0.3, 0.4) is 0 Å². The zero-order valence-electron chi connectivity index (χ0n) is 15.9. The van der Waals surface area contributed by atoms with Crippen molar-refractivity contribution in [3.63, 3.8) is 0 Å². The molecule has 0 aliphatic carbocycles. The minimum absolute atomic E-state index is 0.114. The second-order valence-electron chi connectivity index (χ2n) is 6.33. The summed E-state index contributed by atoms with van der Waals surface area (Å²) in [5.41, 5.74) is 1.21. The molecule has 1 saturated heterocycles. The number of carbonyl (C=O) groups is 1. The van der Waals surface area contributed by atoms with Crippen molar-refractivity contribution < 1.29 is 18.0 Å². The molecule has 0 unspecified atom stereocenters. The third-order valence-corrected chi connectivity index (χ3v) is 5.85. The molecule has 1 amide bonds. The molecular formula is C21H19F3N2OS2. The molecule has 0 aromatic heterocycles. The van der Waals surface area contributed by atoms with E-state index >= 15 is 0 Å². The number of carbonyl (C=O) groups excluding carboxylic acids is 1. The molecule has 1 aliphatic heterocycles. The quantitative estimate of drug-likeness (QED) is 0.426. The molecule has 1 heterocycles. The zero-order chi connectivity index (χ0) is 21.2. The molecule has 0 bridgehead atoms. The molecule has 152 valence electrons. The van der Waals surface area contributed by atoms with Crippen molar-refractivity contribution in [2.24, 2.45) is 0 Å². The van der Waals surface area contributed by atoms with Crippen LogP contribution in [0.4, 0.5) is 24.5 Å². The van der Waals surface area contributed by atoms with Gasteiger partial charge >= 0.3 is 6.18 Å². The predicted octanol–water partition coefficient (Wildman–Crippen LogP) is 5.96. The van der Waals surface area contributed by atoms with Crippen LogP contribution >= 0.6 is 24.0 Å². The molecule has 2 aromatic carbocycles. The van der Waals surface area contributed by atoms with Gasteiger partial charge in [-0.15, -0.1) is 0 Å². The number of halogens is 3. The highest BCUT2D eigenvalue weighted by Gasteiger charge is 2.36. The van der Waals surface area contributed by atoms with Gasteiger partial charge in [-0.3, -0.25) is 9.69 Å². The van der Waals surface area contributed by atoms with E-state index in [2.05, 4.69) is 18.7 Å². The highest BCUT2D eigenvalue weighted by Crippen LogP contribution is 2.38. The highest BCUT2D eigenvalue weighted by atomic mass is 32.2. The lowest BCUT2D eigenvalue weighted by Gasteiger charge is -2.20. The highest BCUT2D eigenvalue weighted by molar-refractivity contribution is 8.27. The summed E-state index contributed by atoms with van der Waals surface area (Å²) >= 11 is 6.34. The van der Waals surface area contributed by atoms with E-state index in [1.807, 2.05) is 24.3 Å². The maximum Gasteiger partial charge on any atom is 0.416 e. The number of thioether (sulfide) groups is 1. The van der Waals surface area contributed by atoms with Crippen LogP contribution in [0.25, 0.3) is 6.08 Å². The lowest BCUT2D eigenvalue weighted by atomic mass is 10.1.